The third kappa shape index (κ3) is 3.97. The van der Waals surface area contributed by atoms with Crippen molar-refractivity contribution in [3.63, 3.8) is 0 Å². The van der Waals surface area contributed by atoms with E-state index in [1.807, 2.05) is 19.0 Å². The van der Waals surface area contributed by atoms with Crippen LogP contribution < -0.4 is 10.2 Å². The molecule has 0 saturated heterocycles. The van der Waals surface area contributed by atoms with Gasteiger partial charge in [0.2, 0.25) is 5.95 Å². The number of anilines is 1. The van der Waals surface area contributed by atoms with Gasteiger partial charge >= 0.3 is 0 Å². The van der Waals surface area contributed by atoms with Gasteiger partial charge in [-0.3, -0.25) is 0 Å². The summed E-state index contributed by atoms with van der Waals surface area (Å²) in [4.78, 5) is 11.0. The molecule has 4 nitrogen and oxygen atoms in total. The number of aromatic nitrogens is 2. The van der Waals surface area contributed by atoms with E-state index < -0.39 is 0 Å². The maximum absolute atomic E-state index is 4.53. The van der Waals surface area contributed by atoms with Gasteiger partial charge in [-0.2, -0.15) is 0 Å². The van der Waals surface area contributed by atoms with Crippen molar-refractivity contribution >= 4 is 5.95 Å². The fourth-order valence-corrected chi connectivity index (χ4v) is 1.85. The number of rotatable bonds is 6. The zero-order valence-electron chi connectivity index (χ0n) is 11.7. The fourth-order valence-electron chi connectivity index (χ4n) is 1.85. The van der Waals surface area contributed by atoms with Crippen LogP contribution in [0.25, 0.3) is 0 Å². The van der Waals surface area contributed by atoms with Crippen LogP contribution in [0, 0.1) is 13.8 Å². The largest absolute Gasteiger partial charge is 0.347 e. The molecule has 0 aliphatic rings. The summed E-state index contributed by atoms with van der Waals surface area (Å²) >= 11 is 0. The summed E-state index contributed by atoms with van der Waals surface area (Å²) in [5.74, 6) is 0.801. The average Bonchev–Trinajstić information content (AvgIpc) is 2.26. The lowest BCUT2D eigenvalue weighted by atomic mass is 10.1. The second-order valence-corrected chi connectivity index (χ2v) is 4.52. The Hall–Kier alpha value is -1.16. The Morgan fingerprint density at radius 3 is 2.18 bits per heavy atom. The highest BCUT2D eigenvalue weighted by atomic mass is 15.2. The van der Waals surface area contributed by atoms with E-state index in [0.29, 0.717) is 0 Å². The molecule has 0 fully saturated rings. The average molecular weight is 236 g/mol. The summed E-state index contributed by atoms with van der Waals surface area (Å²) in [5, 5.41) is 3.34. The smallest absolute Gasteiger partial charge is 0.225 e. The SMILES string of the molecule is CCNCCCc1c(C)nc(N(C)C)nc1C. The van der Waals surface area contributed by atoms with Crippen molar-refractivity contribution in [3.05, 3.63) is 17.0 Å². The first kappa shape index (κ1) is 13.9. The Morgan fingerprint density at radius 2 is 1.71 bits per heavy atom. The molecule has 0 saturated carbocycles. The number of hydrogen-bond donors (Lipinski definition) is 1. The van der Waals surface area contributed by atoms with Crippen molar-refractivity contribution < 1.29 is 0 Å². The van der Waals surface area contributed by atoms with Gasteiger partial charge in [-0.05, 0) is 45.3 Å². The molecule has 0 aliphatic carbocycles. The third-order valence-electron chi connectivity index (χ3n) is 2.84. The highest BCUT2D eigenvalue weighted by Crippen LogP contribution is 2.15. The summed E-state index contributed by atoms with van der Waals surface area (Å²) in [5.41, 5.74) is 3.52. The topological polar surface area (TPSA) is 41.1 Å². The number of aryl methyl sites for hydroxylation is 2. The highest BCUT2D eigenvalue weighted by molar-refractivity contribution is 5.35. The first-order valence-corrected chi connectivity index (χ1v) is 6.28. The lowest BCUT2D eigenvalue weighted by molar-refractivity contribution is 0.667. The molecule has 0 unspecified atom stereocenters. The first-order chi connectivity index (χ1) is 8.06. The van der Waals surface area contributed by atoms with Crippen molar-refractivity contribution in [3.8, 4) is 0 Å². The molecule has 0 spiro atoms. The standard InChI is InChI=1S/C13H24N4/c1-6-14-9-7-8-12-10(2)15-13(17(4)5)16-11(12)3/h14H,6-9H2,1-5H3. The van der Waals surface area contributed by atoms with E-state index in [0.717, 1.165) is 43.3 Å². The summed E-state index contributed by atoms with van der Waals surface area (Å²) in [6.45, 7) is 8.37. The quantitative estimate of drug-likeness (QED) is 0.763. The van der Waals surface area contributed by atoms with Crippen molar-refractivity contribution in [1.82, 2.24) is 15.3 Å². The maximum atomic E-state index is 4.53. The van der Waals surface area contributed by atoms with E-state index in [9.17, 15) is 0 Å². The summed E-state index contributed by atoms with van der Waals surface area (Å²) in [7, 11) is 3.94. The first-order valence-electron chi connectivity index (χ1n) is 6.28. The van der Waals surface area contributed by atoms with Crippen LogP contribution >= 0.6 is 0 Å². The van der Waals surface area contributed by atoms with E-state index in [2.05, 4.69) is 36.1 Å². The van der Waals surface area contributed by atoms with Crippen LogP contribution in [0.5, 0.6) is 0 Å². The Balaban J connectivity index is 2.72. The molecule has 1 aromatic rings. The van der Waals surface area contributed by atoms with Crippen LogP contribution in [0.2, 0.25) is 0 Å². The van der Waals surface area contributed by atoms with Gasteiger partial charge in [-0.1, -0.05) is 6.92 Å². The summed E-state index contributed by atoms with van der Waals surface area (Å²) < 4.78 is 0. The summed E-state index contributed by atoms with van der Waals surface area (Å²) in [6, 6.07) is 0. The maximum Gasteiger partial charge on any atom is 0.225 e. The van der Waals surface area contributed by atoms with Gasteiger partial charge in [-0.25, -0.2) is 9.97 Å². The van der Waals surface area contributed by atoms with Gasteiger partial charge in [0.25, 0.3) is 0 Å². The Morgan fingerprint density at radius 1 is 1.12 bits per heavy atom. The van der Waals surface area contributed by atoms with Crippen molar-refractivity contribution in [1.29, 1.82) is 0 Å². The number of nitrogens with one attached hydrogen (secondary N) is 1. The molecule has 1 heterocycles. The van der Waals surface area contributed by atoms with Gasteiger partial charge in [0.05, 0.1) is 0 Å². The van der Waals surface area contributed by atoms with Crippen molar-refractivity contribution in [2.45, 2.75) is 33.6 Å². The van der Waals surface area contributed by atoms with Crippen molar-refractivity contribution in [2.75, 3.05) is 32.1 Å². The molecule has 0 atom stereocenters. The van der Waals surface area contributed by atoms with E-state index in [1.54, 1.807) is 0 Å². The molecule has 4 heteroatoms. The minimum Gasteiger partial charge on any atom is -0.347 e. The lowest BCUT2D eigenvalue weighted by Crippen LogP contribution is -2.17. The van der Waals surface area contributed by atoms with E-state index >= 15 is 0 Å². The molecule has 0 amide bonds. The van der Waals surface area contributed by atoms with E-state index in [-0.39, 0.29) is 0 Å². The monoisotopic (exact) mass is 236 g/mol. The number of nitrogens with zero attached hydrogens (tertiary/aromatic N) is 3. The van der Waals surface area contributed by atoms with Crippen molar-refractivity contribution in [2.24, 2.45) is 0 Å². The summed E-state index contributed by atoms with van der Waals surface area (Å²) in [6.07, 6.45) is 2.19. The fraction of sp³-hybridized carbons (Fsp3) is 0.692. The molecule has 0 aliphatic heterocycles. The van der Waals surface area contributed by atoms with Gasteiger partial charge in [0.15, 0.2) is 0 Å². The molecular weight excluding hydrogens is 212 g/mol. The molecule has 1 N–H and O–H groups in total. The van der Waals surface area contributed by atoms with Crippen LogP contribution in [0.3, 0.4) is 0 Å². The molecular formula is C13H24N4. The predicted octanol–water partition coefficient (Wildman–Crippen LogP) is 1.70. The number of hydrogen-bond acceptors (Lipinski definition) is 4. The minimum absolute atomic E-state index is 0.801. The predicted molar refractivity (Wildman–Crippen MR) is 72.7 cm³/mol. The second-order valence-electron chi connectivity index (χ2n) is 4.52. The Bertz CT molecular complexity index is 337. The molecule has 0 aromatic carbocycles. The van der Waals surface area contributed by atoms with Gasteiger partial charge in [-0.15, -0.1) is 0 Å². The Kier molecular flexibility index (Phi) is 5.35. The minimum atomic E-state index is 0.801. The molecule has 96 valence electrons. The molecule has 1 aromatic heterocycles. The highest BCUT2D eigenvalue weighted by Gasteiger charge is 2.09. The third-order valence-corrected chi connectivity index (χ3v) is 2.84. The zero-order chi connectivity index (χ0) is 12.8. The van der Waals surface area contributed by atoms with Crippen LogP contribution in [0.15, 0.2) is 0 Å². The van der Waals surface area contributed by atoms with Crippen LogP contribution in [0.1, 0.15) is 30.3 Å². The van der Waals surface area contributed by atoms with Gasteiger partial charge in [0.1, 0.15) is 0 Å². The molecule has 1 rings (SSSR count). The molecule has 0 radical (unpaired) electrons. The Labute approximate surface area is 104 Å². The van der Waals surface area contributed by atoms with Crippen LogP contribution in [0.4, 0.5) is 5.95 Å². The zero-order valence-corrected chi connectivity index (χ0v) is 11.7. The lowest BCUT2D eigenvalue weighted by Gasteiger charge is -2.15. The van der Waals surface area contributed by atoms with E-state index in [1.165, 1.54) is 5.56 Å². The van der Waals surface area contributed by atoms with Crippen LogP contribution in [-0.4, -0.2) is 37.2 Å². The van der Waals surface area contributed by atoms with Gasteiger partial charge < -0.3 is 10.2 Å². The normalized spacial score (nSPS) is 10.6. The van der Waals surface area contributed by atoms with E-state index in [4.69, 9.17) is 0 Å². The molecule has 0 bridgehead atoms. The molecule has 17 heavy (non-hydrogen) atoms. The second kappa shape index (κ2) is 6.55. The van der Waals surface area contributed by atoms with Crippen LogP contribution in [-0.2, 0) is 6.42 Å². The van der Waals surface area contributed by atoms with Gasteiger partial charge in [0, 0.05) is 25.5 Å².